The molecule has 0 bridgehead atoms. The van der Waals surface area contributed by atoms with Crippen LogP contribution in [0.2, 0.25) is 0 Å². The fraction of sp³-hybridized carbons (Fsp3) is 0.0938. The molecule has 0 unspecified atom stereocenters. The molecule has 0 spiro atoms. The molecule has 4 aromatic carbocycles. The van der Waals surface area contributed by atoms with Crippen molar-refractivity contribution < 1.29 is 19.1 Å². The summed E-state index contributed by atoms with van der Waals surface area (Å²) in [5, 5.41) is 5.92. The summed E-state index contributed by atoms with van der Waals surface area (Å²) in [4.78, 5) is 29.0. The van der Waals surface area contributed by atoms with Gasteiger partial charge in [0, 0.05) is 39.3 Å². The molecular formula is C32H23N3O4S2. The van der Waals surface area contributed by atoms with Crippen LogP contribution in [-0.2, 0) is 16.1 Å². The molecule has 202 valence electrons. The Bertz CT molecular complexity index is 1940. The number of fused-ring (bicyclic) bond motifs is 3. The van der Waals surface area contributed by atoms with Crippen LogP contribution in [0.4, 0.5) is 11.4 Å². The first kappa shape index (κ1) is 25.4. The average molecular weight is 578 g/mol. The second kappa shape index (κ2) is 10.1. The van der Waals surface area contributed by atoms with E-state index in [0.29, 0.717) is 26.4 Å². The number of rotatable bonds is 5. The van der Waals surface area contributed by atoms with Gasteiger partial charge in [0.1, 0.15) is 6.54 Å². The van der Waals surface area contributed by atoms with E-state index in [1.54, 1.807) is 23.1 Å². The van der Waals surface area contributed by atoms with Crippen molar-refractivity contribution in [1.29, 1.82) is 0 Å². The van der Waals surface area contributed by atoms with Crippen molar-refractivity contribution in [2.45, 2.75) is 13.5 Å². The SMILES string of the molecule is Cc1c(/C=C2/SC(=S)N(c3cccc4ccccc34)C2=O)c2ccccc2n1CC(=O)Nc1ccc2c(c1)OCO2. The molecule has 1 fully saturated rings. The van der Waals surface area contributed by atoms with Crippen LogP contribution < -0.4 is 19.7 Å². The number of benzene rings is 4. The van der Waals surface area contributed by atoms with Gasteiger partial charge in [-0.2, -0.15) is 0 Å². The van der Waals surface area contributed by atoms with Crippen LogP contribution in [0.5, 0.6) is 11.5 Å². The zero-order chi connectivity index (χ0) is 28.1. The molecule has 0 aliphatic carbocycles. The van der Waals surface area contributed by atoms with E-state index < -0.39 is 0 Å². The molecule has 0 atom stereocenters. The van der Waals surface area contributed by atoms with Crippen LogP contribution in [0.25, 0.3) is 27.8 Å². The standard InChI is InChI=1S/C32H23N3O4S2/c1-19-24(16-29-31(37)35(32(40)41-29)26-12-6-8-20-7-2-3-9-22(20)26)23-10-4-5-11-25(23)34(19)17-30(36)33-21-13-14-27-28(15-21)39-18-38-27/h2-16H,17-18H2,1H3,(H,33,36)/b29-16+. The van der Waals surface area contributed by atoms with Gasteiger partial charge in [0.15, 0.2) is 15.8 Å². The van der Waals surface area contributed by atoms with Crippen LogP contribution in [0.15, 0.2) is 89.8 Å². The lowest BCUT2D eigenvalue weighted by atomic mass is 10.1. The van der Waals surface area contributed by atoms with E-state index >= 15 is 0 Å². The van der Waals surface area contributed by atoms with E-state index in [1.165, 1.54) is 11.8 Å². The minimum atomic E-state index is -0.179. The molecule has 2 amide bonds. The number of para-hydroxylation sites is 1. The molecule has 2 aliphatic rings. The molecule has 7 nitrogen and oxygen atoms in total. The lowest BCUT2D eigenvalue weighted by molar-refractivity contribution is -0.116. The molecule has 7 rings (SSSR count). The van der Waals surface area contributed by atoms with Gasteiger partial charge in [-0.1, -0.05) is 78.6 Å². The molecule has 0 radical (unpaired) electrons. The number of carbonyl (C=O) groups excluding carboxylic acids is 2. The summed E-state index contributed by atoms with van der Waals surface area (Å²) in [6.07, 6.45) is 1.90. The molecule has 9 heteroatoms. The average Bonchev–Trinajstić information content (AvgIpc) is 3.63. The first-order valence-corrected chi connectivity index (χ1v) is 14.2. The van der Waals surface area contributed by atoms with Gasteiger partial charge in [-0.25, -0.2) is 0 Å². The van der Waals surface area contributed by atoms with Gasteiger partial charge < -0.3 is 19.4 Å². The Kier molecular flexibility index (Phi) is 6.25. The molecule has 5 aromatic rings. The predicted octanol–water partition coefficient (Wildman–Crippen LogP) is 6.88. The van der Waals surface area contributed by atoms with Gasteiger partial charge in [-0.15, -0.1) is 0 Å². The summed E-state index contributed by atoms with van der Waals surface area (Å²) in [5.41, 5.74) is 4.07. The topological polar surface area (TPSA) is 72.8 Å². The second-order valence-corrected chi connectivity index (χ2v) is 11.4. The minimum absolute atomic E-state index is 0.103. The highest BCUT2D eigenvalue weighted by molar-refractivity contribution is 8.27. The molecule has 1 N–H and O–H groups in total. The Morgan fingerprint density at radius 1 is 0.976 bits per heavy atom. The smallest absolute Gasteiger partial charge is 0.270 e. The fourth-order valence-corrected chi connectivity index (χ4v) is 6.64. The molecule has 3 heterocycles. The normalized spacial score (nSPS) is 15.4. The van der Waals surface area contributed by atoms with E-state index in [9.17, 15) is 9.59 Å². The van der Waals surface area contributed by atoms with Crippen LogP contribution >= 0.6 is 24.0 Å². The number of aromatic nitrogens is 1. The molecule has 2 aliphatic heterocycles. The van der Waals surface area contributed by atoms with Crippen molar-refractivity contribution in [3.8, 4) is 11.5 Å². The van der Waals surface area contributed by atoms with E-state index in [0.717, 1.165) is 38.6 Å². The van der Waals surface area contributed by atoms with Crippen molar-refractivity contribution >= 4 is 79.2 Å². The van der Waals surface area contributed by atoms with Gasteiger partial charge in [-0.3, -0.25) is 14.5 Å². The van der Waals surface area contributed by atoms with E-state index in [2.05, 4.69) is 5.32 Å². The minimum Gasteiger partial charge on any atom is -0.454 e. The zero-order valence-electron chi connectivity index (χ0n) is 21.9. The molecular weight excluding hydrogens is 555 g/mol. The number of nitrogens with zero attached hydrogens (tertiary/aromatic N) is 2. The third-order valence-electron chi connectivity index (χ3n) is 7.31. The Hall–Kier alpha value is -4.60. The highest BCUT2D eigenvalue weighted by Gasteiger charge is 2.34. The number of thiocarbonyl (C=S) groups is 1. The lowest BCUT2D eigenvalue weighted by Crippen LogP contribution is -2.27. The number of carbonyl (C=O) groups is 2. The third kappa shape index (κ3) is 4.43. The third-order valence-corrected chi connectivity index (χ3v) is 8.62. The van der Waals surface area contributed by atoms with Gasteiger partial charge in [0.2, 0.25) is 12.7 Å². The van der Waals surface area contributed by atoms with Crippen molar-refractivity contribution in [2.24, 2.45) is 0 Å². The lowest BCUT2D eigenvalue weighted by Gasteiger charge is -2.17. The maximum Gasteiger partial charge on any atom is 0.270 e. The van der Waals surface area contributed by atoms with Gasteiger partial charge >= 0.3 is 0 Å². The molecule has 1 saturated heterocycles. The molecule has 0 saturated carbocycles. The van der Waals surface area contributed by atoms with Crippen molar-refractivity contribution in [1.82, 2.24) is 4.57 Å². The zero-order valence-corrected chi connectivity index (χ0v) is 23.6. The van der Waals surface area contributed by atoms with Gasteiger partial charge in [-0.05, 0) is 42.7 Å². The van der Waals surface area contributed by atoms with Crippen LogP contribution in [-0.4, -0.2) is 27.5 Å². The number of anilines is 2. The highest BCUT2D eigenvalue weighted by Crippen LogP contribution is 2.40. The highest BCUT2D eigenvalue weighted by atomic mass is 32.2. The number of amides is 2. The van der Waals surface area contributed by atoms with Crippen LogP contribution in [0.3, 0.4) is 0 Å². The fourth-order valence-electron chi connectivity index (χ4n) is 5.37. The maximum absolute atomic E-state index is 13.7. The number of hydrogen-bond acceptors (Lipinski definition) is 6. The Morgan fingerprint density at radius 2 is 1.73 bits per heavy atom. The summed E-state index contributed by atoms with van der Waals surface area (Å²) in [5.74, 6) is 0.925. The Balaban J connectivity index is 1.21. The summed E-state index contributed by atoms with van der Waals surface area (Å²) in [6, 6.07) is 27.0. The van der Waals surface area contributed by atoms with E-state index in [1.807, 2.05) is 84.3 Å². The quantitative estimate of drug-likeness (QED) is 0.181. The Labute approximate surface area is 245 Å². The first-order valence-electron chi connectivity index (χ1n) is 13.0. The summed E-state index contributed by atoms with van der Waals surface area (Å²) in [7, 11) is 0. The second-order valence-electron chi connectivity index (χ2n) is 9.73. The van der Waals surface area contributed by atoms with E-state index in [4.69, 9.17) is 21.7 Å². The van der Waals surface area contributed by atoms with Crippen molar-refractivity contribution in [3.63, 3.8) is 0 Å². The number of nitrogens with one attached hydrogen (secondary N) is 1. The van der Waals surface area contributed by atoms with Gasteiger partial charge in [0.25, 0.3) is 5.91 Å². The summed E-state index contributed by atoms with van der Waals surface area (Å²) in [6.45, 7) is 2.24. The monoisotopic (exact) mass is 577 g/mol. The largest absolute Gasteiger partial charge is 0.454 e. The first-order chi connectivity index (χ1) is 20.0. The Morgan fingerprint density at radius 3 is 2.61 bits per heavy atom. The summed E-state index contributed by atoms with van der Waals surface area (Å²) >= 11 is 6.98. The van der Waals surface area contributed by atoms with Crippen molar-refractivity contribution in [3.05, 3.63) is 101 Å². The maximum atomic E-state index is 13.7. The molecule has 1 aromatic heterocycles. The van der Waals surface area contributed by atoms with E-state index in [-0.39, 0.29) is 25.2 Å². The molecule has 41 heavy (non-hydrogen) atoms. The number of ether oxygens (including phenoxy) is 2. The number of hydrogen-bond donors (Lipinski definition) is 1. The van der Waals surface area contributed by atoms with Crippen LogP contribution in [0, 0.1) is 6.92 Å². The van der Waals surface area contributed by atoms with Crippen LogP contribution in [0.1, 0.15) is 11.3 Å². The van der Waals surface area contributed by atoms with Crippen molar-refractivity contribution in [2.75, 3.05) is 17.0 Å². The predicted molar refractivity (Wildman–Crippen MR) is 167 cm³/mol. The summed E-state index contributed by atoms with van der Waals surface area (Å²) < 4.78 is 13.2. The van der Waals surface area contributed by atoms with Gasteiger partial charge in [0.05, 0.1) is 10.6 Å². The number of thioether (sulfide) groups is 1.